The second-order valence-corrected chi connectivity index (χ2v) is 6.65. The highest BCUT2D eigenvalue weighted by molar-refractivity contribution is 6.08. The lowest BCUT2D eigenvalue weighted by molar-refractivity contribution is 0.0775. The van der Waals surface area contributed by atoms with Gasteiger partial charge in [-0.3, -0.25) is 9.48 Å². The van der Waals surface area contributed by atoms with Crippen molar-refractivity contribution in [3.05, 3.63) is 47.3 Å². The first-order valence-corrected chi connectivity index (χ1v) is 9.34. The average molecular weight is 366 g/mol. The van der Waals surface area contributed by atoms with Crippen molar-refractivity contribution >= 4 is 16.8 Å². The second-order valence-electron chi connectivity index (χ2n) is 6.65. The lowest BCUT2D eigenvalue weighted by atomic mass is 9.99. The molecule has 0 aliphatic rings. The van der Waals surface area contributed by atoms with Crippen LogP contribution in [0.25, 0.3) is 22.2 Å². The van der Waals surface area contributed by atoms with Gasteiger partial charge in [-0.2, -0.15) is 5.10 Å². The van der Waals surface area contributed by atoms with Gasteiger partial charge in [0.2, 0.25) is 0 Å². The SMILES string of the molecule is CCN(CC)C(=O)c1cc(-c2cnn(CCO)c2)nc2c(C)c(C)ccc12. The summed E-state index contributed by atoms with van der Waals surface area (Å²) in [6.07, 6.45) is 3.57. The van der Waals surface area contributed by atoms with Crippen molar-refractivity contribution < 1.29 is 9.90 Å². The molecule has 0 fully saturated rings. The van der Waals surface area contributed by atoms with Crippen LogP contribution in [0, 0.1) is 13.8 Å². The van der Waals surface area contributed by atoms with E-state index in [9.17, 15) is 4.79 Å². The smallest absolute Gasteiger partial charge is 0.254 e. The predicted octanol–water partition coefficient (Wildman–Crippen LogP) is 3.19. The third kappa shape index (κ3) is 3.57. The molecule has 0 saturated heterocycles. The van der Waals surface area contributed by atoms with E-state index >= 15 is 0 Å². The van der Waals surface area contributed by atoms with E-state index in [1.165, 1.54) is 0 Å². The van der Waals surface area contributed by atoms with Crippen LogP contribution in [0.1, 0.15) is 35.3 Å². The number of fused-ring (bicyclic) bond motifs is 1. The van der Waals surface area contributed by atoms with Gasteiger partial charge in [0.1, 0.15) is 0 Å². The Kier molecular flexibility index (Phi) is 5.56. The molecule has 2 aromatic heterocycles. The molecule has 0 bridgehead atoms. The summed E-state index contributed by atoms with van der Waals surface area (Å²) in [7, 11) is 0. The molecule has 27 heavy (non-hydrogen) atoms. The van der Waals surface area contributed by atoms with E-state index in [4.69, 9.17) is 10.1 Å². The van der Waals surface area contributed by atoms with Gasteiger partial charge < -0.3 is 10.0 Å². The third-order valence-electron chi connectivity index (χ3n) is 5.04. The Hall–Kier alpha value is -2.73. The fourth-order valence-corrected chi connectivity index (χ4v) is 3.26. The molecule has 6 heteroatoms. The quantitative estimate of drug-likeness (QED) is 0.727. The molecule has 1 N–H and O–H groups in total. The highest BCUT2D eigenvalue weighted by Crippen LogP contribution is 2.29. The Morgan fingerprint density at radius 1 is 1.22 bits per heavy atom. The van der Waals surface area contributed by atoms with Crippen molar-refractivity contribution in [1.29, 1.82) is 0 Å². The minimum absolute atomic E-state index is 0.0136. The zero-order valence-electron chi connectivity index (χ0n) is 16.4. The van der Waals surface area contributed by atoms with Gasteiger partial charge >= 0.3 is 0 Å². The van der Waals surface area contributed by atoms with Crippen LogP contribution in [-0.2, 0) is 6.54 Å². The van der Waals surface area contributed by atoms with Crippen LogP contribution in [0.2, 0.25) is 0 Å². The summed E-state index contributed by atoms with van der Waals surface area (Å²) in [4.78, 5) is 19.8. The van der Waals surface area contributed by atoms with Crippen LogP contribution in [0.4, 0.5) is 0 Å². The molecule has 0 saturated carbocycles. The van der Waals surface area contributed by atoms with E-state index in [2.05, 4.69) is 5.10 Å². The molecule has 142 valence electrons. The maximum atomic E-state index is 13.2. The summed E-state index contributed by atoms with van der Waals surface area (Å²) in [5.41, 5.74) is 5.28. The molecule has 0 radical (unpaired) electrons. The van der Waals surface area contributed by atoms with Crippen LogP contribution >= 0.6 is 0 Å². The summed E-state index contributed by atoms with van der Waals surface area (Å²) in [5.74, 6) is 0.0136. The number of pyridine rings is 1. The van der Waals surface area contributed by atoms with Gasteiger partial charge in [-0.25, -0.2) is 4.98 Å². The highest BCUT2D eigenvalue weighted by Gasteiger charge is 2.19. The zero-order valence-corrected chi connectivity index (χ0v) is 16.4. The molecule has 3 rings (SSSR count). The van der Waals surface area contributed by atoms with Crippen molar-refractivity contribution in [3.63, 3.8) is 0 Å². The summed E-state index contributed by atoms with van der Waals surface area (Å²) in [6.45, 7) is 9.83. The lowest BCUT2D eigenvalue weighted by Crippen LogP contribution is -2.30. The molecule has 0 aliphatic heterocycles. The molecule has 0 spiro atoms. The molecule has 6 nitrogen and oxygen atoms in total. The fourth-order valence-electron chi connectivity index (χ4n) is 3.26. The van der Waals surface area contributed by atoms with Gasteiger partial charge in [0, 0.05) is 30.2 Å². The van der Waals surface area contributed by atoms with E-state index in [0.717, 1.165) is 33.3 Å². The Balaban J connectivity index is 2.23. The first-order valence-electron chi connectivity index (χ1n) is 9.34. The number of aliphatic hydroxyl groups is 1. The zero-order chi connectivity index (χ0) is 19.6. The Morgan fingerprint density at radius 2 is 1.96 bits per heavy atom. The largest absolute Gasteiger partial charge is 0.394 e. The van der Waals surface area contributed by atoms with Gasteiger partial charge in [0.25, 0.3) is 5.91 Å². The summed E-state index contributed by atoms with van der Waals surface area (Å²) < 4.78 is 1.68. The molecule has 0 atom stereocenters. The number of hydrogen-bond acceptors (Lipinski definition) is 4. The molecular formula is C21H26N4O2. The van der Waals surface area contributed by atoms with E-state index in [-0.39, 0.29) is 12.5 Å². The van der Waals surface area contributed by atoms with Gasteiger partial charge in [0.15, 0.2) is 0 Å². The van der Waals surface area contributed by atoms with Crippen LogP contribution < -0.4 is 0 Å². The Labute approximate surface area is 159 Å². The van der Waals surface area contributed by atoms with Crippen LogP contribution in [0.5, 0.6) is 0 Å². The van der Waals surface area contributed by atoms with Crippen molar-refractivity contribution in [2.75, 3.05) is 19.7 Å². The number of benzene rings is 1. The van der Waals surface area contributed by atoms with Crippen LogP contribution in [0.15, 0.2) is 30.6 Å². The van der Waals surface area contributed by atoms with Gasteiger partial charge in [-0.05, 0) is 44.9 Å². The minimum Gasteiger partial charge on any atom is -0.394 e. The van der Waals surface area contributed by atoms with Crippen LogP contribution in [-0.4, -0.2) is 50.4 Å². The second kappa shape index (κ2) is 7.88. The van der Waals surface area contributed by atoms with Crippen molar-refractivity contribution in [3.8, 4) is 11.3 Å². The number of rotatable bonds is 6. The Morgan fingerprint density at radius 3 is 2.63 bits per heavy atom. The van der Waals surface area contributed by atoms with E-state index in [1.54, 1.807) is 10.9 Å². The first-order chi connectivity index (χ1) is 13.0. The van der Waals surface area contributed by atoms with Crippen molar-refractivity contribution in [2.24, 2.45) is 0 Å². The first kappa shape index (κ1) is 19.0. The van der Waals surface area contributed by atoms with Crippen LogP contribution in [0.3, 0.4) is 0 Å². The monoisotopic (exact) mass is 366 g/mol. The molecular weight excluding hydrogens is 340 g/mol. The number of nitrogens with zero attached hydrogens (tertiary/aromatic N) is 4. The summed E-state index contributed by atoms with van der Waals surface area (Å²) in [6, 6.07) is 5.88. The highest BCUT2D eigenvalue weighted by atomic mass is 16.3. The number of amides is 1. The maximum Gasteiger partial charge on any atom is 0.254 e. The number of aromatic nitrogens is 3. The van der Waals surface area contributed by atoms with Crippen molar-refractivity contribution in [2.45, 2.75) is 34.2 Å². The van der Waals surface area contributed by atoms with E-state index in [1.807, 2.05) is 57.0 Å². The third-order valence-corrected chi connectivity index (χ3v) is 5.04. The topological polar surface area (TPSA) is 71.2 Å². The molecule has 2 heterocycles. The number of aliphatic hydroxyl groups excluding tert-OH is 1. The number of carbonyl (C=O) groups is 1. The van der Waals surface area contributed by atoms with E-state index < -0.39 is 0 Å². The number of carbonyl (C=O) groups excluding carboxylic acids is 1. The normalized spacial score (nSPS) is 11.1. The van der Waals surface area contributed by atoms with E-state index in [0.29, 0.717) is 25.2 Å². The van der Waals surface area contributed by atoms with Gasteiger partial charge in [-0.15, -0.1) is 0 Å². The Bertz CT molecular complexity index is 974. The summed E-state index contributed by atoms with van der Waals surface area (Å²) in [5, 5.41) is 14.3. The summed E-state index contributed by atoms with van der Waals surface area (Å²) >= 11 is 0. The molecule has 1 aromatic carbocycles. The number of hydrogen-bond donors (Lipinski definition) is 1. The molecule has 0 unspecified atom stereocenters. The minimum atomic E-state index is 0.0136. The number of aryl methyl sites for hydroxylation is 2. The predicted molar refractivity (Wildman–Crippen MR) is 107 cm³/mol. The average Bonchev–Trinajstić information content (AvgIpc) is 3.14. The molecule has 1 amide bonds. The molecule has 3 aromatic rings. The van der Waals surface area contributed by atoms with Gasteiger partial charge in [0.05, 0.1) is 36.1 Å². The standard InChI is InChI=1S/C21H26N4O2/c1-5-24(6-2)21(27)18-11-19(16-12-22-25(13-16)9-10-26)23-20-15(4)14(3)7-8-17(18)20/h7-8,11-13,26H,5-6,9-10H2,1-4H3. The maximum absolute atomic E-state index is 13.2. The fraction of sp³-hybridized carbons (Fsp3) is 0.381. The van der Waals surface area contributed by atoms with Gasteiger partial charge in [-0.1, -0.05) is 12.1 Å². The molecule has 0 aliphatic carbocycles. The lowest BCUT2D eigenvalue weighted by Gasteiger charge is -2.20. The van der Waals surface area contributed by atoms with Crippen molar-refractivity contribution in [1.82, 2.24) is 19.7 Å².